The number of thioether (sulfide) groups is 1. The van der Waals surface area contributed by atoms with Crippen LogP contribution < -0.4 is 0 Å². The molecule has 6 heteroatoms. The number of carboxylic acids is 1. The highest BCUT2D eigenvalue weighted by molar-refractivity contribution is 8.04. The van der Waals surface area contributed by atoms with Gasteiger partial charge in [0.15, 0.2) is 0 Å². The predicted molar refractivity (Wildman–Crippen MR) is 69.9 cm³/mol. The molecule has 0 spiro atoms. The molecule has 1 unspecified atom stereocenters. The molecule has 0 aromatic rings. The summed E-state index contributed by atoms with van der Waals surface area (Å²) >= 11 is 1.37. The summed E-state index contributed by atoms with van der Waals surface area (Å²) in [5, 5.41) is 9.16. The first kappa shape index (κ1) is 13.4. The maximum Gasteiger partial charge on any atom is 0.330 e. The number of carbonyl (C=O) groups excluding carboxylic acids is 1. The van der Waals surface area contributed by atoms with Gasteiger partial charge in [0.25, 0.3) is 5.91 Å². The summed E-state index contributed by atoms with van der Waals surface area (Å²) in [5.41, 5.74) is 0. The molecular formula is C12H18N2O3S. The monoisotopic (exact) mass is 270 g/mol. The SMILES string of the molecule is CCN1C(=O)C(N2CCCCC2)S/C1=C\C(=O)O. The first-order valence-corrected chi connectivity index (χ1v) is 7.18. The minimum atomic E-state index is -0.997. The summed E-state index contributed by atoms with van der Waals surface area (Å²) in [6, 6.07) is 0. The van der Waals surface area contributed by atoms with Gasteiger partial charge >= 0.3 is 5.97 Å². The van der Waals surface area contributed by atoms with E-state index in [2.05, 4.69) is 4.90 Å². The Morgan fingerprint density at radius 1 is 1.44 bits per heavy atom. The highest BCUT2D eigenvalue weighted by atomic mass is 32.2. The maximum atomic E-state index is 12.3. The summed E-state index contributed by atoms with van der Waals surface area (Å²) in [6.07, 6.45) is 4.59. The fourth-order valence-corrected chi connectivity index (χ4v) is 3.72. The van der Waals surface area contributed by atoms with Crippen molar-refractivity contribution in [3.63, 3.8) is 0 Å². The fourth-order valence-electron chi connectivity index (χ4n) is 2.38. The first-order valence-electron chi connectivity index (χ1n) is 6.30. The van der Waals surface area contributed by atoms with Crippen molar-refractivity contribution in [1.29, 1.82) is 0 Å². The number of carbonyl (C=O) groups is 2. The van der Waals surface area contributed by atoms with Gasteiger partial charge in [-0.25, -0.2) is 4.79 Å². The van der Waals surface area contributed by atoms with Crippen molar-refractivity contribution in [3.8, 4) is 0 Å². The second kappa shape index (κ2) is 5.75. The molecule has 1 amide bonds. The van der Waals surface area contributed by atoms with Gasteiger partial charge in [-0.15, -0.1) is 0 Å². The van der Waals surface area contributed by atoms with Crippen molar-refractivity contribution in [2.75, 3.05) is 19.6 Å². The number of likely N-dealkylation sites (N-methyl/N-ethyl adjacent to an activating group) is 1. The molecule has 2 saturated heterocycles. The van der Waals surface area contributed by atoms with Crippen LogP contribution in [0.25, 0.3) is 0 Å². The molecule has 2 aliphatic heterocycles. The van der Waals surface area contributed by atoms with E-state index in [1.807, 2.05) is 6.92 Å². The van der Waals surface area contributed by atoms with E-state index in [9.17, 15) is 9.59 Å². The van der Waals surface area contributed by atoms with E-state index >= 15 is 0 Å². The Bertz CT molecular complexity index is 378. The lowest BCUT2D eigenvalue weighted by Crippen LogP contribution is -2.43. The predicted octanol–water partition coefficient (Wildman–Crippen LogP) is 1.32. The quantitative estimate of drug-likeness (QED) is 0.784. The van der Waals surface area contributed by atoms with E-state index in [1.165, 1.54) is 18.2 Å². The third-order valence-electron chi connectivity index (χ3n) is 3.26. The minimum Gasteiger partial charge on any atom is -0.478 e. The second-order valence-corrected chi connectivity index (χ2v) is 5.57. The molecule has 0 saturated carbocycles. The highest BCUT2D eigenvalue weighted by Crippen LogP contribution is 2.37. The molecule has 100 valence electrons. The van der Waals surface area contributed by atoms with E-state index in [0.717, 1.165) is 32.0 Å². The number of piperidine rings is 1. The highest BCUT2D eigenvalue weighted by Gasteiger charge is 2.40. The van der Waals surface area contributed by atoms with Gasteiger partial charge in [0.05, 0.1) is 11.1 Å². The average molecular weight is 270 g/mol. The average Bonchev–Trinajstić information content (AvgIpc) is 2.66. The number of likely N-dealkylation sites (tertiary alicyclic amines) is 1. The van der Waals surface area contributed by atoms with Crippen molar-refractivity contribution in [1.82, 2.24) is 9.80 Å². The number of hydrogen-bond acceptors (Lipinski definition) is 4. The van der Waals surface area contributed by atoms with Gasteiger partial charge in [-0.1, -0.05) is 18.2 Å². The Morgan fingerprint density at radius 3 is 2.67 bits per heavy atom. The smallest absolute Gasteiger partial charge is 0.330 e. The van der Waals surface area contributed by atoms with Crippen molar-refractivity contribution in [2.45, 2.75) is 31.6 Å². The lowest BCUT2D eigenvalue weighted by Gasteiger charge is -2.29. The topological polar surface area (TPSA) is 60.9 Å². The zero-order chi connectivity index (χ0) is 13.1. The van der Waals surface area contributed by atoms with E-state index < -0.39 is 5.97 Å². The molecule has 0 aliphatic carbocycles. The Labute approximate surface area is 111 Å². The Hall–Kier alpha value is -1.01. The van der Waals surface area contributed by atoms with Crippen molar-refractivity contribution in [2.24, 2.45) is 0 Å². The molecule has 18 heavy (non-hydrogen) atoms. The molecule has 0 radical (unpaired) electrons. The fraction of sp³-hybridized carbons (Fsp3) is 0.667. The van der Waals surface area contributed by atoms with Crippen LogP contribution in [0.2, 0.25) is 0 Å². The summed E-state index contributed by atoms with van der Waals surface area (Å²) in [4.78, 5) is 26.8. The number of nitrogens with zero attached hydrogens (tertiary/aromatic N) is 2. The Morgan fingerprint density at radius 2 is 2.11 bits per heavy atom. The van der Waals surface area contributed by atoms with Crippen molar-refractivity contribution in [3.05, 3.63) is 11.1 Å². The molecule has 5 nitrogen and oxygen atoms in total. The molecule has 2 aliphatic rings. The maximum absolute atomic E-state index is 12.3. The van der Waals surface area contributed by atoms with Crippen LogP contribution in [0.1, 0.15) is 26.2 Å². The minimum absolute atomic E-state index is 0.0249. The van der Waals surface area contributed by atoms with Crippen LogP contribution in [0.5, 0.6) is 0 Å². The normalized spacial score (nSPS) is 28.1. The van der Waals surface area contributed by atoms with E-state index in [1.54, 1.807) is 4.90 Å². The standard InChI is InChI=1S/C12H18N2O3S/c1-2-14-9(8-10(15)16)18-12(11(14)17)13-6-4-3-5-7-13/h8,12H,2-7H2,1H3,(H,15,16)/b9-8-. The summed E-state index contributed by atoms with van der Waals surface area (Å²) in [6.45, 7) is 4.25. The Balaban J connectivity index is 2.14. The number of amides is 1. The van der Waals surface area contributed by atoms with Crippen LogP contribution in [-0.2, 0) is 9.59 Å². The zero-order valence-corrected chi connectivity index (χ0v) is 11.3. The molecule has 1 atom stereocenters. The lowest BCUT2D eigenvalue weighted by atomic mass is 10.1. The third kappa shape index (κ3) is 2.70. The summed E-state index contributed by atoms with van der Waals surface area (Å²) in [5.74, 6) is -0.972. The van der Waals surface area contributed by atoms with Crippen LogP contribution in [-0.4, -0.2) is 51.8 Å². The van der Waals surface area contributed by atoms with Crippen LogP contribution in [0.15, 0.2) is 11.1 Å². The Kier molecular flexibility index (Phi) is 4.29. The molecule has 2 fully saturated rings. The molecule has 0 aromatic heterocycles. The van der Waals surface area contributed by atoms with E-state index in [4.69, 9.17) is 5.11 Å². The third-order valence-corrected chi connectivity index (χ3v) is 4.56. The van der Waals surface area contributed by atoms with Crippen molar-refractivity contribution < 1.29 is 14.7 Å². The van der Waals surface area contributed by atoms with E-state index in [0.29, 0.717) is 11.6 Å². The van der Waals surface area contributed by atoms with Gasteiger partial charge in [-0.3, -0.25) is 9.69 Å². The lowest BCUT2D eigenvalue weighted by molar-refractivity contribution is -0.131. The second-order valence-electron chi connectivity index (χ2n) is 4.47. The zero-order valence-electron chi connectivity index (χ0n) is 10.5. The van der Waals surface area contributed by atoms with Crippen molar-refractivity contribution >= 4 is 23.6 Å². The number of aliphatic carboxylic acids is 1. The van der Waals surface area contributed by atoms with Gasteiger partial charge < -0.3 is 10.0 Å². The van der Waals surface area contributed by atoms with Crippen LogP contribution >= 0.6 is 11.8 Å². The number of hydrogen-bond donors (Lipinski definition) is 1. The molecule has 1 N–H and O–H groups in total. The van der Waals surface area contributed by atoms with Gasteiger partial charge in [0, 0.05) is 6.54 Å². The summed E-state index contributed by atoms with van der Waals surface area (Å²) < 4.78 is 0. The number of carboxylic acid groups (broad SMARTS) is 1. The number of rotatable bonds is 3. The van der Waals surface area contributed by atoms with Gasteiger partial charge in [0.2, 0.25) is 0 Å². The van der Waals surface area contributed by atoms with Crippen LogP contribution in [0.3, 0.4) is 0 Å². The molecule has 2 heterocycles. The van der Waals surface area contributed by atoms with Gasteiger partial charge in [-0.05, 0) is 32.9 Å². The van der Waals surface area contributed by atoms with Crippen LogP contribution in [0.4, 0.5) is 0 Å². The van der Waals surface area contributed by atoms with E-state index in [-0.39, 0.29) is 11.3 Å². The largest absolute Gasteiger partial charge is 0.478 e. The molecule has 0 bridgehead atoms. The van der Waals surface area contributed by atoms with Gasteiger partial charge in [0.1, 0.15) is 5.37 Å². The summed E-state index contributed by atoms with van der Waals surface area (Å²) in [7, 11) is 0. The van der Waals surface area contributed by atoms with Crippen LogP contribution in [0, 0.1) is 0 Å². The molecule has 0 aromatic carbocycles. The molecule has 2 rings (SSSR count). The first-order chi connectivity index (χ1) is 8.63. The molecular weight excluding hydrogens is 252 g/mol. The van der Waals surface area contributed by atoms with Gasteiger partial charge in [-0.2, -0.15) is 0 Å².